The molecule has 1 heterocycles. The summed E-state index contributed by atoms with van der Waals surface area (Å²) in [6, 6.07) is 6.77. The number of sulfonamides is 1. The van der Waals surface area contributed by atoms with Gasteiger partial charge in [0.2, 0.25) is 10.0 Å². The minimum absolute atomic E-state index is 0.308. The van der Waals surface area contributed by atoms with Crippen molar-refractivity contribution in [1.82, 2.24) is 9.62 Å². The van der Waals surface area contributed by atoms with E-state index in [0.29, 0.717) is 11.4 Å². The van der Waals surface area contributed by atoms with Crippen molar-refractivity contribution < 1.29 is 8.42 Å². The molecule has 0 unspecified atom stereocenters. The average molecular weight is 361 g/mol. The van der Waals surface area contributed by atoms with Gasteiger partial charge in [0.25, 0.3) is 0 Å². The number of benzene rings is 1. The number of hydrogen-bond donors (Lipinski definition) is 1. The normalized spacial score (nSPS) is 17.9. The molecule has 0 bridgehead atoms. The molecule has 1 aromatic rings. The topological polar surface area (TPSA) is 49.4 Å². The zero-order chi connectivity index (χ0) is 14.4. The predicted octanol–water partition coefficient (Wildman–Crippen LogP) is 2.60. The molecule has 112 valence electrons. The summed E-state index contributed by atoms with van der Waals surface area (Å²) >= 11 is 3.29. The first-order chi connectivity index (χ1) is 9.58. The monoisotopic (exact) mass is 360 g/mol. The third kappa shape index (κ3) is 4.84. The summed E-state index contributed by atoms with van der Waals surface area (Å²) in [5, 5.41) is 0. The minimum Gasteiger partial charge on any atom is -0.302 e. The zero-order valence-corrected chi connectivity index (χ0v) is 13.9. The van der Waals surface area contributed by atoms with E-state index in [1.54, 1.807) is 18.2 Å². The van der Waals surface area contributed by atoms with Crippen LogP contribution in [0.25, 0.3) is 0 Å². The van der Waals surface area contributed by atoms with Crippen molar-refractivity contribution in [3.05, 3.63) is 28.7 Å². The first-order valence-electron chi connectivity index (χ1n) is 7.05. The fourth-order valence-electron chi connectivity index (χ4n) is 2.42. The molecule has 1 aliphatic rings. The van der Waals surface area contributed by atoms with Crippen LogP contribution in [0.15, 0.2) is 33.6 Å². The predicted molar refractivity (Wildman–Crippen MR) is 84.2 cm³/mol. The standard InChI is InChI=1S/C14H21BrN2O2S/c15-13-6-5-7-14(12-13)20(18,19)16-8-11-17-9-3-1-2-4-10-17/h5-7,12,16H,1-4,8-11H2. The van der Waals surface area contributed by atoms with Gasteiger partial charge in [-0.25, -0.2) is 13.1 Å². The number of nitrogens with zero attached hydrogens (tertiary/aromatic N) is 1. The number of rotatable bonds is 5. The summed E-state index contributed by atoms with van der Waals surface area (Å²) < 4.78 is 27.7. The van der Waals surface area contributed by atoms with E-state index in [1.165, 1.54) is 25.7 Å². The van der Waals surface area contributed by atoms with Gasteiger partial charge in [-0.2, -0.15) is 0 Å². The molecular formula is C14H21BrN2O2S. The van der Waals surface area contributed by atoms with Crippen molar-refractivity contribution in [2.45, 2.75) is 30.6 Å². The Labute approximate surface area is 129 Å². The first-order valence-corrected chi connectivity index (χ1v) is 9.33. The number of likely N-dealkylation sites (tertiary alicyclic amines) is 1. The van der Waals surface area contributed by atoms with Gasteiger partial charge in [-0.3, -0.25) is 0 Å². The molecule has 20 heavy (non-hydrogen) atoms. The van der Waals surface area contributed by atoms with Gasteiger partial charge in [-0.05, 0) is 44.1 Å². The fraction of sp³-hybridized carbons (Fsp3) is 0.571. The summed E-state index contributed by atoms with van der Waals surface area (Å²) in [6.07, 6.45) is 5.03. The molecule has 1 fully saturated rings. The van der Waals surface area contributed by atoms with Crippen LogP contribution in [0.2, 0.25) is 0 Å². The highest BCUT2D eigenvalue weighted by Gasteiger charge is 2.15. The van der Waals surface area contributed by atoms with Crippen LogP contribution in [0.4, 0.5) is 0 Å². The molecule has 0 radical (unpaired) electrons. The lowest BCUT2D eigenvalue weighted by Gasteiger charge is -2.19. The van der Waals surface area contributed by atoms with E-state index in [4.69, 9.17) is 0 Å². The van der Waals surface area contributed by atoms with Gasteiger partial charge >= 0.3 is 0 Å². The third-order valence-electron chi connectivity index (χ3n) is 3.53. The zero-order valence-electron chi connectivity index (χ0n) is 11.5. The first kappa shape index (κ1) is 15.9. The summed E-state index contributed by atoms with van der Waals surface area (Å²) in [5.41, 5.74) is 0. The van der Waals surface area contributed by atoms with Crippen LogP contribution in [0.3, 0.4) is 0 Å². The lowest BCUT2D eigenvalue weighted by Crippen LogP contribution is -2.35. The molecule has 4 nitrogen and oxygen atoms in total. The van der Waals surface area contributed by atoms with Gasteiger partial charge in [0.05, 0.1) is 4.90 Å². The molecule has 0 spiro atoms. The molecule has 1 aliphatic heterocycles. The van der Waals surface area contributed by atoms with Crippen LogP contribution in [0, 0.1) is 0 Å². The molecule has 1 N–H and O–H groups in total. The maximum absolute atomic E-state index is 12.1. The molecule has 2 rings (SSSR count). The highest BCUT2D eigenvalue weighted by Crippen LogP contribution is 2.15. The number of hydrogen-bond acceptors (Lipinski definition) is 3. The quantitative estimate of drug-likeness (QED) is 0.877. The second-order valence-corrected chi connectivity index (χ2v) is 7.79. The van der Waals surface area contributed by atoms with E-state index < -0.39 is 10.0 Å². The summed E-state index contributed by atoms with van der Waals surface area (Å²) in [5.74, 6) is 0. The van der Waals surface area contributed by atoms with Gasteiger partial charge in [0.1, 0.15) is 0 Å². The van der Waals surface area contributed by atoms with Crippen molar-refractivity contribution in [3.8, 4) is 0 Å². The molecule has 6 heteroatoms. The molecule has 0 aromatic heterocycles. The van der Waals surface area contributed by atoms with Crippen LogP contribution < -0.4 is 4.72 Å². The molecule has 0 atom stereocenters. The van der Waals surface area contributed by atoms with E-state index in [-0.39, 0.29) is 0 Å². The highest BCUT2D eigenvalue weighted by molar-refractivity contribution is 9.10. The molecular weight excluding hydrogens is 340 g/mol. The van der Waals surface area contributed by atoms with Crippen molar-refractivity contribution in [1.29, 1.82) is 0 Å². The molecule has 0 aliphatic carbocycles. The Morgan fingerprint density at radius 3 is 2.50 bits per heavy atom. The Morgan fingerprint density at radius 1 is 1.15 bits per heavy atom. The van der Waals surface area contributed by atoms with E-state index in [2.05, 4.69) is 25.6 Å². The average Bonchev–Trinajstić information content (AvgIpc) is 2.67. The van der Waals surface area contributed by atoms with Crippen molar-refractivity contribution >= 4 is 26.0 Å². The van der Waals surface area contributed by atoms with Gasteiger partial charge in [-0.15, -0.1) is 0 Å². The second-order valence-electron chi connectivity index (χ2n) is 5.11. The Kier molecular flexibility index (Phi) is 6.01. The Balaban J connectivity index is 1.86. The minimum atomic E-state index is -3.40. The highest BCUT2D eigenvalue weighted by atomic mass is 79.9. The summed E-state index contributed by atoms with van der Waals surface area (Å²) in [4.78, 5) is 2.65. The van der Waals surface area contributed by atoms with Crippen LogP contribution in [-0.2, 0) is 10.0 Å². The maximum atomic E-state index is 12.1. The van der Waals surface area contributed by atoms with E-state index >= 15 is 0 Å². The Morgan fingerprint density at radius 2 is 1.85 bits per heavy atom. The van der Waals surface area contributed by atoms with E-state index in [9.17, 15) is 8.42 Å². The lowest BCUT2D eigenvalue weighted by molar-refractivity contribution is 0.290. The number of halogens is 1. The van der Waals surface area contributed by atoms with Crippen LogP contribution in [-0.4, -0.2) is 39.5 Å². The van der Waals surface area contributed by atoms with Crippen LogP contribution in [0.5, 0.6) is 0 Å². The van der Waals surface area contributed by atoms with Crippen molar-refractivity contribution in [3.63, 3.8) is 0 Å². The second kappa shape index (κ2) is 7.54. The van der Waals surface area contributed by atoms with Crippen LogP contribution >= 0.6 is 15.9 Å². The van der Waals surface area contributed by atoms with Gasteiger partial charge in [0, 0.05) is 17.6 Å². The SMILES string of the molecule is O=S(=O)(NCCN1CCCCCC1)c1cccc(Br)c1. The van der Waals surface area contributed by atoms with Gasteiger partial charge in [-0.1, -0.05) is 34.8 Å². The van der Waals surface area contributed by atoms with Crippen LogP contribution in [0.1, 0.15) is 25.7 Å². The summed E-state index contributed by atoms with van der Waals surface area (Å²) in [6.45, 7) is 3.42. The smallest absolute Gasteiger partial charge is 0.240 e. The largest absolute Gasteiger partial charge is 0.302 e. The molecule has 0 amide bonds. The van der Waals surface area contributed by atoms with E-state index in [1.807, 2.05) is 6.07 Å². The van der Waals surface area contributed by atoms with Crippen molar-refractivity contribution in [2.75, 3.05) is 26.2 Å². The maximum Gasteiger partial charge on any atom is 0.240 e. The molecule has 1 aromatic carbocycles. The van der Waals surface area contributed by atoms with Gasteiger partial charge in [0.15, 0.2) is 0 Å². The lowest BCUT2D eigenvalue weighted by atomic mass is 10.2. The fourth-order valence-corrected chi connectivity index (χ4v) is 4.03. The third-order valence-corrected chi connectivity index (χ3v) is 5.48. The van der Waals surface area contributed by atoms with E-state index in [0.717, 1.165) is 24.1 Å². The van der Waals surface area contributed by atoms with Crippen molar-refractivity contribution in [2.24, 2.45) is 0 Å². The Hall–Kier alpha value is -0.430. The molecule has 0 saturated carbocycles. The van der Waals surface area contributed by atoms with Gasteiger partial charge < -0.3 is 4.90 Å². The molecule has 1 saturated heterocycles. The Bertz CT molecular complexity index is 526. The summed E-state index contributed by atoms with van der Waals surface area (Å²) in [7, 11) is -3.40. The number of nitrogens with one attached hydrogen (secondary N) is 1.